The van der Waals surface area contributed by atoms with Gasteiger partial charge in [0.05, 0.1) is 6.04 Å². The Hall–Kier alpha value is -1.58. The Bertz CT molecular complexity index is 643. The van der Waals surface area contributed by atoms with Crippen molar-refractivity contribution in [2.45, 2.75) is 31.7 Å². The number of likely N-dealkylation sites (tertiary alicyclic amines) is 1. The highest BCUT2D eigenvalue weighted by molar-refractivity contribution is 5.86. The SMILES string of the molecule is C[C@@H](N)C(=O)N1CCC(c2cccc3ccccc23)CC1.Cl. The fraction of sp³-hybridized carbons (Fsp3) is 0.389. The van der Waals surface area contributed by atoms with Gasteiger partial charge in [-0.2, -0.15) is 0 Å². The van der Waals surface area contributed by atoms with Gasteiger partial charge in [-0.05, 0) is 42.0 Å². The number of rotatable bonds is 2. The molecule has 1 saturated heterocycles. The highest BCUT2D eigenvalue weighted by Crippen LogP contribution is 2.33. The summed E-state index contributed by atoms with van der Waals surface area (Å²) < 4.78 is 0. The van der Waals surface area contributed by atoms with Gasteiger partial charge < -0.3 is 10.6 Å². The summed E-state index contributed by atoms with van der Waals surface area (Å²) >= 11 is 0. The predicted molar refractivity (Wildman–Crippen MR) is 93.4 cm³/mol. The van der Waals surface area contributed by atoms with Crippen molar-refractivity contribution in [1.29, 1.82) is 0 Å². The van der Waals surface area contributed by atoms with Gasteiger partial charge in [-0.3, -0.25) is 4.79 Å². The Labute approximate surface area is 137 Å². The molecule has 3 rings (SSSR count). The average Bonchev–Trinajstić information content (AvgIpc) is 2.53. The van der Waals surface area contributed by atoms with Crippen LogP contribution in [0.4, 0.5) is 0 Å². The van der Waals surface area contributed by atoms with E-state index in [0.717, 1.165) is 25.9 Å². The first-order valence-corrected chi connectivity index (χ1v) is 7.69. The standard InChI is InChI=1S/C18H22N2O.ClH/c1-13(19)18(21)20-11-9-15(10-12-20)17-8-4-6-14-5-2-3-7-16(14)17;/h2-8,13,15H,9-12,19H2,1H3;1H/t13-;/m1./s1. The van der Waals surface area contributed by atoms with E-state index in [4.69, 9.17) is 5.73 Å². The molecular weight excluding hydrogens is 296 g/mol. The van der Waals surface area contributed by atoms with Crippen molar-refractivity contribution < 1.29 is 4.79 Å². The number of amides is 1. The van der Waals surface area contributed by atoms with Gasteiger partial charge in [-0.1, -0.05) is 42.5 Å². The molecule has 0 bridgehead atoms. The molecule has 0 aromatic heterocycles. The Morgan fingerprint density at radius 3 is 2.45 bits per heavy atom. The molecule has 0 unspecified atom stereocenters. The van der Waals surface area contributed by atoms with E-state index in [9.17, 15) is 4.79 Å². The minimum absolute atomic E-state index is 0. The maximum atomic E-state index is 12.0. The second-order valence-electron chi connectivity index (χ2n) is 5.96. The van der Waals surface area contributed by atoms with Gasteiger partial charge in [0, 0.05) is 13.1 Å². The van der Waals surface area contributed by atoms with E-state index in [2.05, 4.69) is 42.5 Å². The van der Waals surface area contributed by atoms with Gasteiger partial charge in [-0.15, -0.1) is 12.4 Å². The van der Waals surface area contributed by atoms with Crippen LogP contribution in [0.1, 0.15) is 31.2 Å². The van der Waals surface area contributed by atoms with Crippen LogP contribution in [0.2, 0.25) is 0 Å². The van der Waals surface area contributed by atoms with Gasteiger partial charge >= 0.3 is 0 Å². The lowest BCUT2D eigenvalue weighted by molar-refractivity contribution is -0.133. The maximum Gasteiger partial charge on any atom is 0.239 e. The number of hydrogen-bond acceptors (Lipinski definition) is 2. The van der Waals surface area contributed by atoms with Gasteiger partial charge in [-0.25, -0.2) is 0 Å². The lowest BCUT2D eigenvalue weighted by atomic mass is 9.86. The summed E-state index contributed by atoms with van der Waals surface area (Å²) in [4.78, 5) is 13.9. The zero-order valence-electron chi connectivity index (χ0n) is 12.9. The van der Waals surface area contributed by atoms with Gasteiger partial charge in [0.2, 0.25) is 5.91 Å². The summed E-state index contributed by atoms with van der Waals surface area (Å²) in [5, 5.41) is 2.64. The number of hydrogen-bond donors (Lipinski definition) is 1. The van der Waals surface area contributed by atoms with Crippen LogP contribution in [-0.4, -0.2) is 29.9 Å². The summed E-state index contributed by atoms with van der Waals surface area (Å²) in [5.41, 5.74) is 7.11. The zero-order chi connectivity index (χ0) is 14.8. The molecule has 1 heterocycles. The van der Waals surface area contributed by atoms with E-state index >= 15 is 0 Å². The van der Waals surface area contributed by atoms with Crippen molar-refractivity contribution in [3.63, 3.8) is 0 Å². The molecule has 0 radical (unpaired) electrons. The molecule has 22 heavy (non-hydrogen) atoms. The first-order chi connectivity index (χ1) is 10.2. The lowest BCUT2D eigenvalue weighted by Gasteiger charge is -2.33. The summed E-state index contributed by atoms with van der Waals surface area (Å²) in [5.74, 6) is 0.611. The molecule has 2 N–H and O–H groups in total. The van der Waals surface area contributed by atoms with Crippen LogP contribution in [0.15, 0.2) is 42.5 Å². The fourth-order valence-electron chi connectivity index (χ4n) is 3.31. The largest absolute Gasteiger partial charge is 0.341 e. The summed E-state index contributed by atoms with van der Waals surface area (Å²) in [6.07, 6.45) is 2.04. The Morgan fingerprint density at radius 1 is 1.14 bits per heavy atom. The lowest BCUT2D eigenvalue weighted by Crippen LogP contribution is -2.45. The van der Waals surface area contributed by atoms with Crippen LogP contribution in [0, 0.1) is 0 Å². The number of carbonyl (C=O) groups is 1. The fourth-order valence-corrected chi connectivity index (χ4v) is 3.31. The number of benzene rings is 2. The van der Waals surface area contributed by atoms with Crippen LogP contribution < -0.4 is 5.73 Å². The number of piperidine rings is 1. The van der Waals surface area contributed by atoms with Crippen LogP contribution >= 0.6 is 12.4 Å². The first kappa shape index (κ1) is 16.8. The smallest absolute Gasteiger partial charge is 0.239 e. The molecule has 1 atom stereocenters. The van der Waals surface area contributed by atoms with E-state index in [1.165, 1.54) is 16.3 Å². The number of nitrogens with zero attached hydrogens (tertiary/aromatic N) is 1. The molecule has 1 fully saturated rings. The molecule has 0 aliphatic carbocycles. The van der Waals surface area contributed by atoms with Crippen LogP contribution in [-0.2, 0) is 4.79 Å². The molecule has 0 saturated carbocycles. The molecular formula is C18H23ClN2O. The van der Waals surface area contributed by atoms with Gasteiger partial charge in [0.1, 0.15) is 0 Å². The summed E-state index contributed by atoms with van der Waals surface area (Å²) in [6, 6.07) is 14.7. The third-order valence-corrected chi connectivity index (χ3v) is 4.46. The Balaban J connectivity index is 0.00000176. The molecule has 0 spiro atoms. The summed E-state index contributed by atoms with van der Waals surface area (Å²) in [7, 11) is 0. The Kier molecular flexibility index (Phi) is 5.43. The first-order valence-electron chi connectivity index (χ1n) is 7.69. The monoisotopic (exact) mass is 318 g/mol. The quantitative estimate of drug-likeness (QED) is 0.923. The van der Waals surface area contributed by atoms with Gasteiger partial charge in [0.25, 0.3) is 0 Å². The van der Waals surface area contributed by atoms with Crippen molar-refractivity contribution in [2.24, 2.45) is 5.73 Å². The van der Waals surface area contributed by atoms with Gasteiger partial charge in [0.15, 0.2) is 0 Å². The normalized spacial score (nSPS) is 17.1. The molecule has 3 nitrogen and oxygen atoms in total. The highest BCUT2D eigenvalue weighted by Gasteiger charge is 2.25. The Morgan fingerprint density at radius 2 is 1.77 bits per heavy atom. The van der Waals surface area contributed by atoms with Crippen molar-refractivity contribution in [2.75, 3.05) is 13.1 Å². The number of halogens is 1. The second-order valence-corrected chi connectivity index (χ2v) is 5.96. The minimum Gasteiger partial charge on any atom is -0.341 e. The number of nitrogens with two attached hydrogens (primary N) is 1. The van der Waals surface area contributed by atoms with Crippen molar-refractivity contribution in [3.05, 3.63) is 48.0 Å². The third-order valence-electron chi connectivity index (χ3n) is 4.46. The molecule has 1 aliphatic rings. The van der Waals surface area contributed by atoms with Crippen molar-refractivity contribution in [3.8, 4) is 0 Å². The average molecular weight is 319 g/mol. The molecule has 2 aromatic rings. The van der Waals surface area contributed by atoms with Crippen LogP contribution in [0.25, 0.3) is 10.8 Å². The summed E-state index contributed by atoms with van der Waals surface area (Å²) in [6.45, 7) is 3.39. The predicted octanol–water partition coefficient (Wildman–Crippen LogP) is 3.31. The molecule has 118 valence electrons. The molecule has 1 amide bonds. The molecule has 1 aliphatic heterocycles. The zero-order valence-corrected chi connectivity index (χ0v) is 13.7. The topological polar surface area (TPSA) is 46.3 Å². The van der Waals surface area contributed by atoms with Crippen molar-refractivity contribution in [1.82, 2.24) is 4.90 Å². The number of carbonyl (C=O) groups excluding carboxylic acids is 1. The third kappa shape index (κ3) is 3.26. The number of fused-ring (bicyclic) bond motifs is 1. The molecule has 2 aromatic carbocycles. The van der Waals surface area contributed by atoms with E-state index in [-0.39, 0.29) is 24.4 Å². The van der Waals surface area contributed by atoms with E-state index < -0.39 is 0 Å². The van der Waals surface area contributed by atoms with Crippen LogP contribution in [0.5, 0.6) is 0 Å². The van der Waals surface area contributed by atoms with Crippen molar-refractivity contribution >= 4 is 29.1 Å². The highest BCUT2D eigenvalue weighted by atomic mass is 35.5. The minimum atomic E-state index is -0.390. The maximum absolute atomic E-state index is 12.0. The molecule has 4 heteroatoms. The van der Waals surface area contributed by atoms with E-state index in [1.807, 2.05) is 4.90 Å². The van der Waals surface area contributed by atoms with E-state index in [0.29, 0.717) is 5.92 Å². The van der Waals surface area contributed by atoms with E-state index in [1.54, 1.807) is 6.92 Å². The van der Waals surface area contributed by atoms with Crippen LogP contribution in [0.3, 0.4) is 0 Å². The second kappa shape index (κ2) is 7.12.